The van der Waals surface area contributed by atoms with Gasteiger partial charge in [0.15, 0.2) is 0 Å². The SMILES string of the molecule is CCCCN(C(=O)c1cnn(-c2ccccc2)c1)c1ccccc1. The van der Waals surface area contributed by atoms with E-state index in [1.54, 1.807) is 17.1 Å². The molecule has 0 aliphatic heterocycles. The molecule has 24 heavy (non-hydrogen) atoms. The normalized spacial score (nSPS) is 10.5. The minimum Gasteiger partial charge on any atom is -0.308 e. The molecule has 0 spiro atoms. The summed E-state index contributed by atoms with van der Waals surface area (Å²) >= 11 is 0. The summed E-state index contributed by atoms with van der Waals surface area (Å²) in [7, 11) is 0. The number of hydrogen-bond acceptors (Lipinski definition) is 2. The minimum absolute atomic E-state index is 0.0168. The Labute approximate surface area is 142 Å². The van der Waals surface area contributed by atoms with Crippen LogP contribution in [0, 0.1) is 0 Å². The number of amides is 1. The molecule has 1 aromatic heterocycles. The van der Waals surface area contributed by atoms with Crippen molar-refractivity contribution in [2.24, 2.45) is 0 Å². The predicted molar refractivity (Wildman–Crippen MR) is 96.6 cm³/mol. The molecule has 3 aromatic rings. The van der Waals surface area contributed by atoms with Gasteiger partial charge >= 0.3 is 0 Å². The van der Waals surface area contributed by atoms with E-state index in [1.165, 1.54) is 0 Å². The number of rotatable bonds is 6. The molecule has 2 aromatic carbocycles. The van der Waals surface area contributed by atoms with Crippen LogP contribution in [0.2, 0.25) is 0 Å². The van der Waals surface area contributed by atoms with Gasteiger partial charge in [0.05, 0.1) is 17.4 Å². The summed E-state index contributed by atoms with van der Waals surface area (Å²) in [6.45, 7) is 2.83. The fraction of sp³-hybridized carbons (Fsp3) is 0.200. The average molecular weight is 319 g/mol. The third-order valence-electron chi connectivity index (χ3n) is 3.90. The van der Waals surface area contributed by atoms with E-state index >= 15 is 0 Å². The Morgan fingerprint density at radius 3 is 2.38 bits per heavy atom. The lowest BCUT2D eigenvalue weighted by molar-refractivity contribution is 0.0986. The Hall–Kier alpha value is -2.88. The lowest BCUT2D eigenvalue weighted by atomic mass is 10.2. The largest absolute Gasteiger partial charge is 0.308 e. The van der Waals surface area contributed by atoms with Crippen molar-refractivity contribution in [3.63, 3.8) is 0 Å². The van der Waals surface area contributed by atoms with Crippen LogP contribution < -0.4 is 4.90 Å². The Balaban J connectivity index is 1.86. The van der Waals surface area contributed by atoms with Crippen molar-refractivity contribution in [2.75, 3.05) is 11.4 Å². The maximum absolute atomic E-state index is 13.0. The third kappa shape index (κ3) is 3.54. The van der Waals surface area contributed by atoms with Gasteiger partial charge in [-0.3, -0.25) is 4.79 Å². The summed E-state index contributed by atoms with van der Waals surface area (Å²) < 4.78 is 1.73. The third-order valence-corrected chi connectivity index (χ3v) is 3.90. The molecule has 0 aliphatic rings. The quantitative estimate of drug-likeness (QED) is 0.678. The molecule has 0 bridgehead atoms. The Morgan fingerprint density at radius 1 is 1.04 bits per heavy atom. The second kappa shape index (κ2) is 7.59. The van der Waals surface area contributed by atoms with Gasteiger partial charge in [-0.05, 0) is 30.7 Å². The van der Waals surface area contributed by atoms with Crippen LogP contribution in [0.3, 0.4) is 0 Å². The van der Waals surface area contributed by atoms with Crippen molar-refractivity contribution in [2.45, 2.75) is 19.8 Å². The smallest absolute Gasteiger partial charge is 0.261 e. The van der Waals surface area contributed by atoms with Gasteiger partial charge in [0.1, 0.15) is 0 Å². The minimum atomic E-state index is -0.0168. The van der Waals surface area contributed by atoms with Gasteiger partial charge in [-0.25, -0.2) is 4.68 Å². The molecule has 0 saturated heterocycles. The summed E-state index contributed by atoms with van der Waals surface area (Å²) in [5.41, 5.74) is 2.46. The van der Waals surface area contributed by atoms with E-state index in [0.717, 1.165) is 24.2 Å². The number of aromatic nitrogens is 2. The molecule has 1 amide bonds. The number of nitrogens with zero attached hydrogens (tertiary/aromatic N) is 3. The van der Waals surface area contributed by atoms with Crippen LogP contribution in [-0.4, -0.2) is 22.2 Å². The number of para-hydroxylation sites is 2. The van der Waals surface area contributed by atoms with Crippen molar-refractivity contribution >= 4 is 11.6 Å². The molecule has 3 rings (SSSR count). The first-order chi connectivity index (χ1) is 11.8. The fourth-order valence-corrected chi connectivity index (χ4v) is 2.58. The van der Waals surface area contributed by atoms with Gasteiger partial charge in [-0.2, -0.15) is 5.10 Å². The zero-order chi connectivity index (χ0) is 16.8. The zero-order valence-corrected chi connectivity index (χ0v) is 13.8. The van der Waals surface area contributed by atoms with Crippen LogP contribution in [0.25, 0.3) is 5.69 Å². The van der Waals surface area contributed by atoms with Crippen LogP contribution >= 0.6 is 0 Å². The molecule has 0 N–H and O–H groups in total. The highest BCUT2D eigenvalue weighted by Crippen LogP contribution is 2.18. The van der Waals surface area contributed by atoms with E-state index < -0.39 is 0 Å². The first-order valence-electron chi connectivity index (χ1n) is 8.26. The van der Waals surface area contributed by atoms with Crippen LogP contribution in [0.4, 0.5) is 5.69 Å². The summed E-state index contributed by atoms with van der Waals surface area (Å²) in [6, 6.07) is 19.6. The zero-order valence-electron chi connectivity index (χ0n) is 13.8. The Morgan fingerprint density at radius 2 is 1.71 bits per heavy atom. The first-order valence-corrected chi connectivity index (χ1v) is 8.26. The van der Waals surface area contributed by atoms with Gasteiger partial charge in [0.2, 0.25) is 0 Å². The molecule has 1 heterocycles. The van der Waals surface area contributed by atoms with E-state index in [0.29, 0.717) is 12.1 Å². The van der Waals surface area contributed by atoms with Crippen molar-refractivity contribution in [1.29, 1.82) is 0 Å². The van der Waals surface area contributed by atoms with Crippen LogP contribution in [0.15, 0.2) is 73.1 Å². The maximum atomic E-state index is 13.0. The van der Waals surface area contributed by atoms with Crippen LogP contribution in [0.1, 0.15) is 30.1 Å². The van der Waals surface area contributed by atoms with Crippen molar-refractivity contribution in [3.05, 3.63) is 78.6 Å². The Kier molecular flexibility index (Phi) is 5.06. The lowest BCUT2D eigenvalue weighted by Gasteiger charge is -2.22. The second-order valence-corrected chi connectivity index (χ2v) is 5.66. The number of benzene rings is 2. The van der Waals surface area contributed by atoms with Crippen molar-refractivity contribution < 1.29 is 4.79 Å². The van der Waals surface area contributed by atoms with Gasteiger partial charge in [-0.15, -0.1) is 0 Å². The molecule has 0 fully saturated rings. The highest BCUT2D eigenvalue weighted by molar-refractivity contribution is 6.05. The molecular weight excluding hydrogens is 298 g/mol. The van der Waals surface area contributed by atoms with Gasteiger partial charge in [0, 0.05) is 18.4 Å². The predicted octanol–water partition coefficient (Wildman–Crippen LogP) is 4.32. The Bertz CT molecular complexity index is 781. The number of anilines is 1. The van der Waals surface area contributed by atoms with Crippen molar-refractivity contribution in [1.82, 2.24) is 9.78 Å². The summed E-state index contributed by atoms with van der Waals surface area (Å²) in [6.07, 6.45) is 5.43. The topological polar surface area (TPSA) is 38.1 Å². The summed E-state index contributed by atoms with van der Waals surface area (Å²) in [5.74, 6) is -0.0168. The molecule has 0 atom stereocenters. The molecule has 0 unspecified atom stereocenters. The van der Waals surface area contributed by atoms with Crippen molar-refractivity contribution in [3.8, 4) is 5.69 Å². The highest BCUT2D eigenvalue weighted by atomic mass is 16.2. The monoisotopic (exact) mass is 319 g/mol. The second-order valence-electron chi connectivity index (χ2n) is 5.66. The van der Waals surface area contributed by atoms with E-state index in [4.69, 9.17) is 0 Å². The summed E-state index contributed by atoms with van der Waals surface area (Å²) in [5, 5.41) is 4.33. The maximum Gasteiger partial charge on any atom is 0.261 e. The average Bonchev–Trinajstić information content (AvgIpc) is 3.14. The van der Waals surface area contributed by atoms with E-state index in [1.807, 2.05) is 65.6 Å². The van der Waals surface area contributed by atoms with E-state index in [2.05, 4.69) is 12.0 Å². The molecule has 4 nitrogen and oxygen atoms in total. The van der Waals surface area contributed by atoms with Gasteiger partial charge in [0.25, 0.3) is 5.91 Å². The molecule has 4 heteroatoms. The highest BCUT2D eigenvalue weighted by Gasteiger charge is 2.19. The first kappa shape index (κ1) is 16.0. The summed E-state index contributed by atoms with van der Waals surface area (Å²) in [4.78, 5) is 14.8. The number of carbonyl (C=O) groups excluding carboxylic acids is 1. The van der Waals surface area contributed by atoms with Crippen LogP contribution in [-0.2, 0) is 0 Å². The van der Waals surface area contributed by atoms with Gasteiger partial charge < -0.3 is 4.90 Å². The standard InChI is InChI=1S/C20H21N3O/c1-2-3-14-22(18-10-6-4-7-11-18)20(24)17-15-21-23(16-17)19-12-8-5-9-13-19/h4-13,15-16H,2-3,14H2,1H3. The molecule has 0 aliphatic carbocycles. The molecule has 0 radical (unpaired) electrons. The number of unbranched alkanes of at least 4 members (excludes halogenated alkanes) is 1. The van der Waals surface area contributed by atoms with E-state index in [9.17, 15) is 4.79 Å². The number of hydrogen-bond donors (Lipinski definition) is 0. The number of carbonyl (C=O) groups is 1. The van der Waals surface area contributed by atoms with Gasteiger partial charge in [-0.1, -0.05) is 49.7 Å². The molecular formula is C20H21N3O. The molecule has 0 saturated carbocycles. The van der Waals surface area contributed by atoms with E-state index in [-0.39, 0.29) is 5.91 Å². The van der Waals surface area contributed by atoms with Crippen LogP contribution in [0.5, 0.6) is 0 Å². The molecule has 122 valence electrons. The lowest BCUT2D eigenvalue weighted by Crippen LogP contribution is -2.31. The fourth-order valence-electron chi connectivity index (χ4n) is 2.58.